The summed E-state index contributed by atoms with van der Waals surface area (Å²) >= 11 is 0. The molecule has 0 aromatic carbocycles. The van der Waals surface area contributed by atoms with Gasteiger partial charge in [0.15, 0.2) is 1.41 Å². The molecule has 1 amide bonds. The first-order valence-electron chi connectivity index (χ1n) is 6.47. The van der Waals surface area contributed by atoms with Crippen LogP contribution in [0.4, 0.5) is 0 Å². The Labute approximate surface area is 107 Å². The van der Waals surface area contributed by atoms with Gasteiger partial charge in [-0.15, -0.1) is 0 Å². The fourth-order valence-electron chi connectivity index (χ4n) is 1.88. The maximum Gasteiger partial charge on any atom is 0.224 e. The average Bonchev–Trinajstić information content (AvgIpc) is 2.40. The molecule has 2 N–H and O–H groups in total. The zero-order chi connectivity index (χ0) is 13.8. The monoisotopic (exact) mass is 262 g/mol. The van der Waals surface area contributed by atoms with E-state index in [1.807, 2.05) is 18.9 Å². The van der Waals surface area contributed by atoms with E-state index in [2.05, 4.69) is 19.5 Å². The zero-order valence-corrected chi connectivity index (χ0v) is 11.7. The SMILES string of the molecule is CCOCCC(=O)N1CCC(NC)CC1.[2H]N=P. The molecule has 1 aliphatic rings. The van der Waals surface area contributed by atoms with Crippen LogP contribution >= 0.6 is 9.03 Å². The molecule has 0 unspecified atom stereocenters. The average molecular weight is 262 g/mol. The summed E-state index contributed by atoms with van der Waals surface area (Å²) in [5.74, 6) is 0.234. The first-order chi connectivity index (χ1) is 8.69. The van der Waals surface area contributed by atoms with E-state index in [0.29, 0.717) is 25.7 Å². The molecule has 1 fully saturated rings. The molecule has 0 spiro atoms. The van der Waals surface area contributed by atoms with Crippen LogP contribution in [0.15, 0.2) is 0 Å². The molecule has 0 aromatic heterocycles. The molecule has 1 rings (SSSR count). The van der Waals surface area contributed by atoms with Crippen LogP contribution < -0.4 is 5.32 Å². The van der Waals surface area contributed by atoms with E-state index in [9.17, 15) is 4.79 Å². The smallest absolute Gasteiger partial charge is 0.224 e. The van der Waals surface area contributed by atoms with Crippen LogP contribution in [0.1, 0.15) is 26.2 Å². The second-order valence-electron chi connectivity index (χ2n) is 3.89. The van der Waals surface area contributed by atoms with E-state index >= 15 is 0 Å². The van der Waals surface area contributed by atoms with Crippen molar-refractivity contribution in [3.63, 3.8) is 0 Å². The first kappa shape index (κ1) is 14.6. The van der Waals surface area contributed by atoms with Crippen molar-refractivity contribution in [2.24, 2.45) is 0 Å². The highest BCUT2D eigenvalue weighted by Crippen LogP contribution is 2.10. The highest BCUT2D eigenvalue weighted by Gasteiger charge is 2.20. The van der Waals surface area contributed by atoms with E-state index in [1.54, 1.807) is 0 Å². The Kier molecular flexibility index (Phi) is 9.10. The van der Waals surface area contributed by atoms with Crippen LogP contribution in [0.3, 0.4) is 0 Å². The Balaban J connectivity index is 0.000000873. The van der Waals surface area contributed by atoms with E-state index in [4.69, 9.17) is 6.15 Å². The molecule has 5 nitrogen and oxygen atoms in total. The molecule has 1 saturated heterocycles. The van der Waals surface area contributed by atoms with Crippen molar-refractivity contribution in [3.05, 3.63) is 0 Å². The second kappa shape index (κ2) is 10.6. The number of carbonyl (C=O) groups is 1. The highest BCUT2D eigenvalue weighted by atomic mass is 31.0. The summed E-state index contributed by atoms with van der Waals surface area (Å²) in [6.07, 6.45) is 2.66. The third-order valence-electron chi connectivity index (χ3n) is 2.92. The standard InChI is InChI=1S/C11H22N2O2.H2NP/c1-3-15-9-6-11(14)13-7-4-10(12-2)5-8-13;1-2/h10,12H,3-9H2,1-2H3;1-2H/i/hD. The van der Waals surface area contributed by atoms with E-state index in [0.717, 1.165) is 25.9 Å². The lowest BCUT2D eigenvalue weighted by Crippen LogP contribution is -2.44. The number of rotatable bonds is 5. The molecule has 0 saturated carbocycles. The van der Waals surface area contributed by atoms with E-state index in [1.165, 1.54) is 0 Å². The molecule has 0 atom stereocenters. The lowest BCUT2D eigenvalue weighted by molar-refractivity contribution is -0.133. The van der Waals surface area contributed by atoms with Gasteiger partial charge in [-0.1, -0.05) is 0 Å². The van der Waals surface area contributed by atoms with Crippen molar-refractivity contribution >= 4 is 14.9 Å². The number of ether oxygens (including phenoxy) is 1. The molecule has 0 aliphatic carbocycles. The minimum Gasteiger partial charge on any atom is -0.381 e. The van der Waals surface area contributed by atoms with Gasteiger partial charge in [0.25, 0.3) is 0 Å². The summed E-state index contributed by atoms with van der Waals surface area (Å²) in [6, 6.07) is 0.584. The molecule has 1 aliphatic heterocycles. The largest absolute Gasteiger partial charge is 0.381 e. The van der Waals surface area contributed by atoms with Gasteiger partial charge >= 0.3 is 0 Å². The first-order valence-corrected chi connectivity index (χ1v) is 6.47. The minimum atomic E-state index is 0.234. The van der Waals surface area contributed by atoms with Gasteiger partial charge in [-0.2, -0.15) is 0 Å². The van der Waals surface area contributed by atoms with Crippen molar-refractivity contribution in [2.75, 3.05) is 33.4 Å². The fraction of sp³-hybridized carbons (Fsp3) is 0.909. The maximum atomic E-state index is 11.7. The molecule has 0 aromatic rings. The van der Waals surface area contributed by atoms with E-state index < -0.39 is 0 Å². The van der Waals surface area contributed by atoms with Crippen LogP contribution in [0.5, 0.6) is 0 Å². The maximum absolute atomic E-state index is 11.7. The van der Waals surface area contributed by atoms with Gasteiger partial charge in [0, 0.05) is 25.7 Å². The fourth-order valence-corrected chi connectivity index (χ4v) is 1.88. The Hall–Kier alpha value is -0.510. The number of hydrogen-bond donors (Lipinski definition) is 2. The van der Waals surface area contributed by atoms with Crippen LogP contribution in [-0.2, 0) is 9.53 Å². The number of nitrogens with zero attached hydrogens (tertiary/aromatic N) is 1. The minimum absolute atomic E-state index is 0.234. The number of hydrogen-bond acceptors (Lipinski definition) is 4. The van der Waals surface area contributed by atoms with Gasteiger partial charge in [0.1, 0.15) is 0 Å². The molecular formula is C11H24N3O2P. The lowest BCUT2D eigenvalue weighted by Gasteiger charge is -2.31. The third kappa shape index (κ3) is 6.71. The predicted molar refractivity (Wildman–Crippen MR) is 70.8 cm³/mol. The summed E-state index contributed by atoms with van der Waals surface area (Å²) in [4.78, 5) is 13.6. The number of nitrogens with one attached hydrogen (secondary N) is 2. The lowest BCUT2D eigenvalue weighted by atomic mass is 10.1. The highest BCUT2D eigenvalue weighted by molar-refractivity contribution is 7.02. The third-order valence-corrected chi connectivity index (χ3v) is 2.92. The van der Waals surface area contributed by atoms with Crippen molar-refractivity contribution in [3.8, 4) is 0 Å². The van der Waals surface area contributed by atoms with E-state index in [-0.39, 0.29) is 5.91 Å². The summed E-state index contributed by atoms with van der Waals surface area (Å²) in [5.41, 5.74) is 0. The van der Waals surface area contributed by atoms with Gasteiger partial charge < -0.3 is 15.0 Å². The van der Waals surface area contributed by atoms with Crippen molar-refractivity contribution in [1.82, 2.24) is 10.2 Å². The van der Waals surface area contributed by atoms with Gasteiger partial charge in [-0.3, -0.25) is 9.95 Å². The summed E-state index contributed by atoms with van der Waals surface area (Å²) in [6.45, 7) is 4.96. The molecular weight excluding hydrogens is 237 g/mol. The summed E-state index contributed by atoms with van der Waals surface area (Å²) in [5, 5.41) is 5.81. The number of amides is 1. The van der Waals surface area contributed by atoms with Gasteiger partial charge in [-0.05, 0) is 35.8 Å². The Morgan fingerprint density at radius 2 is 2.24 bits per heavy atom. The van der Waals surface area contributed by atoms with Crippen LogP contribution in [0, 0.1) is 5.15 Å². The van der Waals surface area contributed by atoms with Gasteiger partial charge in [0.05, 0.1) is 13.0 Å². The normalized spacial score (nSPS) is 16.8. The van der Waals surface area contributed by atoms with Crippen molar-refractivity contribution in [1.29, 1.82) is 5.15 Å². The number of likely N-dealkylation sites (tertiary alicyclic amines) is 1. The second-order valence-corrected chi connectivity index (χ2v) is 3.89. The van der Waals surface area contributed by atoms with Crippen molar-refractivity contribution < 1.29 is 10.9 Å². The van der Waals surface area contributed by atoms with Crippen LogP contribution in [0.25, 0.3) is 0 Å². The Bertz CT molecular complexity index is 236. The predicted octanol–water partition coefficient (Wildman–Crippen LogP) is 1.51. The van der Waals surface area contributed by atoms with Crippen LogP contribution in [-0.4, -0.2) is 50.2 Å². The Morgan fingerprint density at radius 3 is 2.71 bits per heavy atom. The number of carbonyl (C=O) groups excluding carboxylic acids is 1. The van der Waals surface area contributed by atoms with Crippen molar-refractivity contribution in [2.45, 2.75) is 32.2 Å². The van der Waals surface area contributed by atoms with Gasteiger partial charge in [0.2, 0.25) is 5.91 Å². The van der Waals surface area contributed by atoms with Gasteiger partial charge in [-0.25, -0.2) is 0 Å². The molecule has 0 radical (unpaired) electrons. The molecule has 6 heteroatoms. The molecule has 1 heterocycles. The topological polar surface area (TPSA) is 65.4 Å². The summed E-state index contributed by atoms with van der Waals surface area (Å²) < 4.78 is 10.9. The Morgan fingerprint density at radius 1 is 1.65 bits per heavy atom. The molecule has 0 bridgehead atoms. The van der Waals surface area contributed by atoms with Crippen LogP contribution in [0.2, 0.25) is 1.41 Å². The zero-order valence-electron chi connectivity index (χ0n) is 11.7. The summed E-state index contributed by atoms with van der Waals surface area (Å²) in [7, 11) is 4.46. The number of piperidine rings is 1. The quantitative estimate of drug-likeness (QED) is 0.583. The molecule has 100 valence electrons. The molecule has 17 heavy (non-hydrogen) atoms.